The third kappa shape index (κ3) is 3.54. The molecule has 0 spiro atoms. The van der Waals surface area contributed by atoms with Gasteiger partial charge in [-0.05, 0) is 37.5 Å². The van der Waals surface area contributed by atoms with Crippen LogP contribution in [0.15, 0.2) is 23.1 Å². The molecule has 6 nitrogen and oxygen atoms in total. The molecule has 7 heteroatoms. The second-order valence-corrected chi connectivity index (χ2v) is 6.81. The van der Waals surface area contributed by atoms with Crippen LogP contribution >= 0.6 is 0 Å². The highest BCUT2D eigenvalue weighted by Gasteiger charge is 2.26. The maximum Gasteiger partial charge on any atom is 0.253 e. The summed E-state index contributed by atoms with van der Waals surface area (Å²) in [5.41, 5.74) is 0.316. The molecule has 2 rings (SSSR count). The molecular weight excluding hydrogens is 292 g/mol. The summed E-state index contributed by atoms with van der Waals surface area (Å²) in [5, 5.41) is 5.20. The number of carbonyl (C=O) groups is 1. The SMILES string of the molecule is CCOc1ccc(C(=O)N2CCC(C)C2)cc1S(N)(=O)=O. The predicted octanol–water partition coefficient (Wildman–Crippen LogP) is 1.21. The van der Waals surface area contributed by atoms with Crippen LogP contribution in [0.2, 0.25) is 0 Å². The number of nitrogens with two attached hydrogens (primary N) is 1. The van der Waals surface area contributed by atoms with Crippen molar-refractivity contribution in [2.75, 3.05) is 19.7 Å². The number of benzene rings is 1. The van der Waals surface area contributed by atoms with Crippen molar-refractivity contribution in [3.05, 3.63) is 23.8 Å². The van der Waals surface area contributed by atoms with Crippen molar-refractivity contribution in [1.29, 1.82) is 0 Å². The van der Waals surface area contributed by atoms with Crippen molar-refractivity contribution in [2.24, 2.45) is 11.1 Å². The highest BCUT2D eigenvalue weighted by atomic mass is 32.2. The van der Waals surface area contributed by atoms with Crippen LogP contribution in [0.1, 0.15) is 30.6 Å². The molecule has 1 aromatic carbocycles. The Hall–Kier alpha value is -1.60. The number of nitrogens with zero attached hydrogens (tertiary/aromatic N) is 1. The van der Waals surface area contributed by atoms with Crippen LogP contribution in [0.25, 0.3) is 0 Å². The van der Waals surface area contributed by atoms with Crippen molar-refractivity contribution >= 4 is 15.9 Å². The average molecular weight is 312 g/mol. The van der Waals surface area contributed by atoms with Crippen LogP contribution < -0.4 is 9.88 Å². The first-order valence-corrected chi connectivity index (χ1v) is 8.46. The summed E-state index contributed by atoms with van der Waals surface area (Å²) in [6, 6.07) is 4.35. The summed E-state index contributed by atoms with van der Waals surface area (Å²) >= 11 is 0. The molecule has 1 aliphatic rings. The second-order valence-electron chi connectivity index (χ2n) is 5.28. The number of rotatable bonds is 4. The fourth-order valence-corrected chi connectivity index (χ4v) is 3.14. The number of hydrogen-bond donors (Lipinski definition) is 1. The standard InChI is InChI=1S/C14H20N2O4S/c1-3-20-12-5-4-11(8-13(12)21(15,18)19)14(17)16-7-6-10(2)9-16/h4-5,8,10H,3,6-7,9H2,1-2H3,(H2,15,18,19). The van der Waals surface area contributed by atoms with Gasteiger partial charge in [-0.1, -0.05) is 6.92 Å². The maximum absolute atomic E-state index is 12.4. The molecule has 0 aliphatic carbocycles. The monoisotopic (exact) mass is 312 g/mol. The van der Waals surface area contributed by atoms with Crippen LogP contribution in [-0.4, -0.2) is 38.9 Å². The molecule has 1 aromatic rings. The van der Waals surface area contributed by atoms with Crippen molar-refractivity contribution in [1.82, 2.24) is 4.90 Å². The van der Waals surface area contributed by atoms with E-state index >= 15 is 0 Å². The van der Waals surface area contributed by atoms with Crippen LogP contribution in [0.5, 0.6) is 5.75 Å². The Labute approximate surface area is 124 Å². The van der Waals surface area contributed by atoms with E-state index in [-0.39, 0.29) is 16.6 Å². The van der Waals surface area contributed by atoms with Crippen molar-refractivity contribution in [3.8, 4) is 5.75 Å². The Kier molecular flexibility index (Phi) is 4.53. The third-order valence-electron chi connectivity index (χ3n) is 3.51. The lowest BCUT2D eigenvalue weighted by Gasteiger charge is -2.17. The van der Waals surface area contributed by atoms with Gasteiger partial charge in [0.05, 0.1) is 6.61 Å². The molecule has 1 fully saturated rings. The van der Waals surface area contributed by atoms with Gasteiger partial charge in [0.1, 0.15) is 10.6 Å². The van der Waals surface area contributed by atoms with Gasteiger partial charge >= 0.3 is 0 Å². The zero-order chi connectivity index (χ0) is 15.6. The van der Waals surface area contributed by atoms with Gasteiger partial charge in [0, 0.05) is 18.7 Å². The molecule has 2 N–H and O–H groups in total. The molecule has 0 saturated carbocycles. The minimum atomic E-state index is -3.94. The smallest absolute Gasteiger partial charge is 0.253 e. The summed E-state index contributed by atoms with van der Waals surface area (Å²) in [6.45, 7) is 5.53. The highest BCUT2D eigenvalue weighted by molar-refractivity contribution is 7.89. The predicted molar refractivity (Wildman–Crippen MR) is 78.7 cm³/mol. The Morgan fingerprint density at radius 3 is 2.71 bits per heavy atom. The summed E-state index contributed by atoms with van der Waals surface area (Å²) in [4.78, 5) is 14.0. The van der Waals surface area contributed by atoms with Gasteiger partial charge < -0.3 is 9.64 Å². The van der Waals surface area contributed by atoms with Gasteiger partial charge in [0.15, 0.2) is 0 Å². The molecule has 1 atom stereocenters. The summed E-state index contributed by atoms with van der Waals surface area (Å²) in [5.74, 6) is 0.466. The van der Waals surface area contributed by atoms with Gasteiger partial charge in [-0.3, -0.25) is 4.79 Å². The van der Waals surface area contributed by atoms with E-state index in [4.69, 9.17) is 9.88 Å². The minimum Gasteiger partial charge on any atom is -0.492 e. The molecule has 116 valence electrons. The van der Waals surface area contributed by atoms with Gasteiger partial charge in [0.25, 0.3) is 5.91 Å². The van der Waals surface area contributed by atoms with Gasteiger partial charge in [-0.15, -0.1) is 0 Å². The van der Waals surface area contributed by atoms with E-state index < -0.39 is 10.0 Å². The lowest BCUT2D eigenvalue weighted by molar-refractivity contribution is 0.0788. The first kappa shape index (κ1) is 15.8. The number of hydrogen-bond acceptors (Lipinski definition) is 4. The Morgan fingerprint density at radius 2 is 2.19 bits per heavy atom. The van der Waals surface area contributed by atoms with Gasteiger partial charge in [-0.2, -0.15) is 0 Å². The Morgan fingerprint density at radius 1 is 1.48 bits per heavy atom. The molecule has 0 aromatic heterocycles. The lowest BCUT2D eigenvalue weighted by Crippen LogP contribution is -2.28. The summed E-state index contributed by atoms with van der Waals surface area (Å²) in [6.07, 6.45) is 0.963. The first-order chi connectivity index (χ1) is 9.82. The van der Waals surface area contributed by atoms with Crippen LogP contribution in [0.4, 0.5) is 0 Å². The summed E-state index contributed by atoms with van der Waals surface area (Å²) in [7, 11) is -3.94. The average Bonchev–Trinajstić information content (AvgIpc) is 2.84. The number of sulfonamides is 1. The van der Waals surface area contributed by atoms with E-state index in [1.165, 1.54) is 12.1 Å². The van der Waals surface area contributed by atoms with Crippen molar-refractivity contribution in [3.63, 3.8) is 0 Å². The number of carbonyl (C=O) groups excluding carboxylic acids is 1. The van der Waals surface area contributed by atoms with E-state index in [1.54, 1.807) is 17.9 Å². The third-order valence-corrected chi connectivity index (χ3v) is 4.44. The topological polar surface area (TPSA) is 89.7 Å². The zero-order valence-electron chi connectivity index (χ0n) is 12.2. The van der Waals surface area contributed by atoms with E-state index in [2.05, 4.69) is 6.92 Å². The minimum absolute atomic E-state index is 0.151. The van der Waals surface area contributed by atoms with Gasteiger partial charge in [-0.25, -0.2) is 13.6 Å². The largest absolute Gasteiger partial charge is 0.492 e. The highest BCUT2D eigenvalue weighted by Crippen LogP contribution is 2.26. The van der Waals surface area contributed by atoms with Crippen molar-refractivity contribution < 1.29 is 17.9 Å². The van der Waals surface area contributed by atoms with E-state index in [0.29, 0.717) is 31.2 Å². The zero-order valence-corrected chi connectivity index (χ0v) is 13.0. The molecule has 21 heavy (non-hydrogen) atoms. The van der Waals surface area contributed by atoms with Crippen LogP contribution in [0, 0.1) is 5.92 Å². The second kappa shape index (κ2) is 6.03. The lowest BCUT2D eigenvalue weighted by atomic mass is 10.1. The van der Waals surface area contributed by atoms with Crippen LogP contribution in [-0.2, 0) is 10.0 Å². The molecule has 1 aliphatic heterocycles. The molecule has 1 saturated heterocycles. The maximum atomic E-state index is 12.4. The Balaban J connectivity index is 2.35. The number of likely N-dealkylation sites (tertiary alicyclic amines) is 1. The first-order valence-electron chi connectivity index (χ1n) is 6.92. The quantitative estimate of drug-likeness (QED) is 0.905. The van der Waals surface area contributed by atoms with Gasteiger partial charge in [0.2, 0.25) is 10.0 Å². The molecule has 1 amide bonds. The molecular formula is C14H20N2O4S. The van der Waals surface area contributed by atoms with E-state index in [0.717, 1.165) is 6.42 Å². The summed E-state index contributed by atoms with van der Waals surface area (Å²) < 4.78 is 28.6. The number of amides is 1. The number of ether oxygens (including phenoxy) is 1. The normalized spacial score (nSPS) is 18.8. The van der Waals surface area contributed by atoms with Crippen molar-refractivity contribution in [2.45, 2.75) is 25.2 Å². The number of primary sulfonamides is 1. The molecule has 1 unspecified atom stereocenters. The fraction of sp³-hybridized carbons (Fsp3) is 0.500. The molecule has 0 bridgehead atoms. The fourth-order valence-electron chi connectivity index (χ4n) is 2.44. The van der Waals surface area contributed by atoms with Crippen LogP contribution in [0.3, 0.4) is 0 Å². The molecule has 1 heterocycles. The Bertz CT molecular complexity index is 642. The van der Waals surface area contributed by atoms with E-state index in [9.17, 15) is 13.2 Å². The van der Waals surface area contributed by atoms with E-state index in [1.807, 2.05) is 0 Å². The molecule has 0 radical (unpaired) electrons.